The van der Waals surface area contributed by atoms with Gasteiger partial charge in [-0.15, -0.1) is 0 Å². The van der Waals surface area contributed by atoms with Crippen LogP contribution in [0.15, 0.2) is 42.9 Å². The second kappa shape index (κ2) is 4.65. The lowest BCUT2D eigenvalue weighted by Crippen LogP contribution is -1.97. The predicted molar refractivity (Wildman–Crippen MR) is 71.9 cm³/mol. The van der Waals surface area contributed by atoms with Crippen LogP contribution in [-0.4, -0.2) is 32.6 Å². The Hall–Kier alpha value is -2.89. The maximum Gasteiger partial charge on any atom is 0.356 e. The van der Waals surface area contributed by atoms with Crippen LogP contribution in [-0.2, 0) is 0 Å². The van der Waals surface area contributed by atoms with Crippen LogP contribution in [0.1, 0.15) is 10.5 Å². The highest BCUT2D eigenvalue weighted by Gasteiger charge is 2.19. The summed E-state index contributed by atoms with van der Waals surface area (Å²) >= 11 is 0. The van der Waals surface area contributed by atoms with E-state index in [2.05, 4.69) is 9.97 Å². The Bertz CT molecular complexity index is 795. The Kier molecular flexibility index (Phi) is 2.83. The highest BCUT2D eigenvalue weighted by atomic mass is 16.5. The van der Waals surface area contributed by atoms with Gasteiger partial charge in [0.1, 0.15) is 12.1 Å². The molecule has 0 amide bonds. The Labute approximate surface area is 114 Å². The molecule has 0 unspecified atom stereocenters. The van der Waals surface area contributed by atoms with E-state index in [4.69, 9.17) is 4.74 Å². The third kappa shape index (κ3) is 1.78. The van der Waals surface area contributed by atoms with E-state index in [1.54, 1.807) is 23.6 Å². The predicted octanol–water partition coefficient (Wildman–Crippen LogP) is 2.10. The number of carboxylic acids is 1. The molecule has 0 fully saturated rings. The van der Waals surface area contributed by atoms with Gasteiger partial charge < -0.3 is 9.84 Å². The van der Waals surface area contributed by atoms with E-state index >= 15 is 0 Å². The van der Waals surface area contributed by atoms with Gasteiger partial charge in [-0.2, -0.15) is 0 Å². The Morgan fingerprint density at radius 1 is 1.30 bits per heavy atom. The molecule has 3 aromatic rings. The van der Waals surface area contributed by atoms with Crippen LogP contribution < -0.4 is 4.74 Å². The first kappa shape index (κ1) is 12.2. The fourth-order valence-electron chi connectivity index (χ4n) is 2.12. The van der Waals surface area contributed by atoms with Gasteiger partial charge in [0.2, 0.25) is 0 Å². The number of aromatic nitrogens is 3. The Morgan fingerprint density at radius 3 is 2.85 bits per heavy atom. The summed E-state index contributed by atoms with van der Waals surface area (Å²) in [5, 5.41) is 9.24. The number of fused-ring (bicyclic) bond motifs is 1. The molecular formula is C14H11N3O3. The fraction of sp³-hybridized carbons (Fsp3) is 0.0714. The van der Waals surface area contributed by atoms with E-state index in [1.807, 2.05) is 18.2 Å². The SMILES string of the molecule is COc1ccccc1-c1nc(C(=O)O)c2ccncn12. The minimum Gasteiger partial charge on any atom is -0.496 e. The molecule has 0 bridgehead atoms. The van der Waals surface area contributed by atoms with E-state index < -0.39 is 5.97 Å². The monoisotopic (exact) mass is 269 g/mol. The standard InChI is InChI=1S/C14H11N3O3/c1-20-11-5-3-2-4-9(11)13-16-12(14(18)19)10-6-7-15-8-17(10)13/h2-8H,1H3,(H,18,19). The van der Waals surface area contributed by atoms with Crippen LogP contribution in [0.2, 0.25) is 0 Å². The average molecular weight is 269 g/mol. The molecule has 0 saturated heterocycles. The summed E-state index contributed by atoms with van der Waals surface area (Å²) in [7, 11) is 1.56. The van der Waals surface area contributed by atoms with Crippen molar-refractivity contribution in [2.45, 2.75) is 0 Å². The number of imidazole rings is 1. The highest BCUT2D eigenvalue weighted by Crippen LogP contribution is 2.30. The van der Waals surface area contributed by atoms with Crippen molar-refractivity contribution in [2.75, 3.05) is 7.11 Å². The molecule has 0 aliphatic carbocycles. The van der Waals surface area contributed by atoms with E-state index in [1.165, 1.54) is 12.5 Å². The van der Waals surface area contributed by atoms with Gasteiger partial charge in [-0.25, -0.2) is 14.8 Å². The van der Waals surface area contributed by atoms with E-state index in [9.17, 15) is 9.90 Å². The minimum atomic E-state index is -1.07. The summed E-state index contributed by atoms with van der Waals surface area (Å²) in [6, 6.07) is 8.93. The third-order valence-corrected chi connectivity index (χ3v) is 3.00. The van der Waals surface area contributed by atoms with Gasteiger partial charge in [0.25, 0.3) is 0 Å². The van der Waals surface area contributed by atoms with Crippen molar-refractivity contribution >= 4 is 11.5 Å². The lowest BCUT2D eigenvalue weighted by Gasteiger charge is -2.06. The van der Waals surface area contributed by atoms with Crippen molar-refractivity contribution in [3.05, 3.63) is 48.5 Å². The van der Waals surface area contributed by atoms with Crippen molar-refractivity contribution in [1.29, 1.82) is 0 Å². The lowest BCUT2D eigenvalue weighted by molar-refractivity contribution is 0.0693. The largest absolute Gasteiger partial charge is 0.496 e. The summed E-state index contributed by atoms with van der Waals surface area (Å²) < 4.78 is 6.94. The summed E-state index contributed by atoms with van der Waals surface area (Å²) in [5.41, 5.74) is 1.20. The molecule has 2 aromatic heterocycles. The van der Waals surface area contributed by atoms with Crippen LogP contribution in [0.5, 0.6) is 5.75 Å². The molecule has 0 radical (unpaired) electrons. The number of ether oxygens (including phenoxy) is 1. The van der Waals surface area contributed by atoms with Crippen molar-refractivity contribution in [3.8, 4) is 17.1 Å². The number of carboxylic acid groups (broad SMARTS) is 1. The van der Waals surface area contributed by atoms with Gasteiger partial charge in [0.05, 0.1) is 18.2 Å². The molecule has 2 heterocycles. The smallest absolute Gasteiger partial charge is 0.356 e. The number of para-hydroxylation sites is 1. The van der Waals surface area contributed by atoms with Crippen molar-refractivity contribution < 1.29 is 14.6 Å². The number of benzene rings is 1. The van der Waals surface area contributed by atoms with Crippen LogP contribution in [0.25, 0.3) is 16.9 Å². The molecule has 20 heavy (non-hydrogen) atoms. The maximum absolute atomic E-state index is 11.3. The summed E-state index contributed by atoms with van der Waals surface area (Å²) in [6.07, 6.45) is 3.08. The molecule has 0 spiro atoms. The number of aromatic carboxylic acids is 1. The number of rotatable bonds is 3. The maximum atomic E-state index is 11.3. The van der Waals surface area contributed by atoms with Gasteiger partial charge in [-0.3, -0.25) is 4.40 Å². The van der Waals surface area contributed by atoms with E-state index in [0.29, 0.717) is 22.7 Å². The van der Waals surface area contributed by atoms with Crippen molar-refractivity contribution in [3.63, 3.8) is 0 Å². The number of nitrogens with zero attached hydrogens (tertiary/aromatic N) is 3. The van der Waals surface area contributed by atoms with Gasteiger partial charge in [0, 0.05) is 6.20 Å². The number of hydrogen-bond acceptors (Lipinski definition) is 4. The number of carbonyl (C=O) groups is 1. The molecule has 3 rings (SSSR count). The average Bonchev–Trinajstić information content (AvgIpc) is 2.87. The zero-order chi connectivity index (χ0) is 14.1. The minimum absolute atomic E-state index is 0.00620. The zero-order valence-corrected chi connectivity index (χ0v) is 10.6. The van der Waals surface area contributed by atoms with Gasteiger partial charge in [0.15, 0.2) is 11.5 Å². The molecule has 0 aliphatic rings. The van der Waals surface area contributed by atoms with Crippen LogP contribution in [0.3, 0.4) is 0 Å². The number of hydrogen-bond donors (Lipinski definition) is 1. The topological polar surface area (TPSA) is 76.7 Å². The van der Waals surface area contributed by atoms with Gasteiger partial charge in [-0.05, 0) is 18.2 Å². The van der Waals surface area contributed by atoms with Gasteiger partial charge >= 0.3 is 5.97 Å². The molecule has 1 aromatic carbocycles. The second-order valence-electron chi connectivity index (χ2n) is 4.12. The molecule has 1 N–H and O–H groups in total. The molecule has 0 saturated carbocycles. The molecule has 6 heteroatoms. The van der Waals surface area contributed by atoms with Crippen LogP contribution >= 0.6 is 0 Å². The highest BCUT2D eigenvalue weighted by molar-refractivity contribution is 5.95. The fourth-order valence-corrected chi connectivity index (χ4v) is 2.12. The lowest BCUT2D eigenvalue weighted by atomic mass is 10.2. The van der Waals surface area contributed by atoms with E-state index in [-0.39, 0.29) is 5.69 Å². The van der Waals surface area contributed by atoms with Crippen molar-refractivity contribution in [1.82, 2.24) is 14.4 Å². The van der Waals surface area contributed by atoms with Gasteiger partial charge in [-0.1, -0.05) is 12.1 Å². The first-order valence-electron chi connectivity index (χ1n) is 5.91. The molecule has 6 nitrogen and oxygen atoms in total. The summed E-state index contributed by atoms with van der Waals surface area (Å²) in [6.45, 7) is 0. The normalized spacial score (nSPS) is 10.7. The quantitative estimate of drug-likeness (QED) is 0.788. The molecular weight excluding hydrogens is 258 g/mol. The second-order valence-corrected chi connectivity index (χ2v) is 4.12. The summed E-state index contributed by atoms with van der Waals surface area (Å²) in [4.78, 5) is 19.5. The van der Waals surface area contributed by atoms with Crippen LogP contribution in [0.4, 0.5) is 0 Å². The van der Waals surface area contributed by atoms with Crippen molar-refractivity contribution in [2.24, 2.45) is 0 Å². The number of methoxy groups -OCH3 is 1. The zero-order valence-electron chi connectivity index (χ0n) is 10.6. The van der Waals surface area contributed by atoms with Crippen LogP contribution in [0, 0.1) is 0 Å². The Morgan fingerprint density at radius 2 is 2.10 bits per heavy atom. The third-order valence-electron chi connectivity index (χ3n) is 3.00. The van der Waals surface area contributed by atoms with E-state index in [0.717, 1.165) is 0 Å². The molecule has 0 aliphatic heterocycles. The summed E-state index contributed by atoms with van der Waals surface area (Å²) in [5.74, 6) is 0.0398. The first-order chi connectivity index (χ1) is 9.72. The Balaban J connectivity index is 2.34. The first-order valence-corrected chi connectivity index (χ1v) is 5.91. The molecule has 100 valence electrons. The molecule has 0 atom stereocenters.